The van der Waals surface area contributed by atoms with Gasteiger partial charge in [0.05, 0.1) is 5.54 Å². The molecule has 0 aliphatic carbocycles. The molecule has 1 aliphatic heterocycles. The minimum absolute atomic E-state index is 0.0463. The number of amidine groups is 1. The maximum absolute atomic E-state index is 12.6. The van der Waals surface area contributed by atoms with Crippen molar-refractivity contribution in [1.82, 2.24) is 5.32 Å². The smallest absolute Gasteiger partial charge is 0.251 e. The third kappa shape index (κ3) is 5.07. The number of nitrogens with one attached hydrogen (secondary N) is 1. The van der Waals surface area contributed by atoms with Crippen molar-refractivity contribution in [2.75, 3.05) is 30.8 Å². The Morgan fingerprint density at radius 1 is 1.25 bits per heavy atom. The summed E-state index contributed by atoms with van der Waals surface area (Å²) in [5.74, 6) is 0.895. The molecule has 1 amide bonds. The van der Waals surface area contributed by atoms with Crippen molar-refractivity contribution < 1.29 is 4.79 Å². The highest BCUT2D eigenvalue weighted by atomic mass is 32.2. The fourth-order valence-electron chi connectivity index (χ4n) is 3.32. The van der Waals surface area contributed by atoms with Crippen LogP contribution >= 0.6 is 11.8 Å². The second kappa shape index (κ2) is 9.15. The Labute approximate surface area is 171 Å². The first-order chi connectivity index (χ1) is 13.5. The number of hydrogen-bond acceptors (Lipinski definition) is 5. The third-order valence-corrected chi connectivity index (χ3v) is 5.89. The highest BCUT2D eigenvalue weighted by molar-refractivity contribution is 8.13. The standard InChI is InChI=1S/C22H28N4OS/c1-22(12-15-28-21(23)25-22)18-9-6-8-17(16-18)20(27)24-13-7-14-26(2)19-10-4-3-5-11-19/h3-6,8-11,16H,7,12-15H2,1-2H3,(H2,23,25)(H,24,27). The second-order valence-corrected chi connectivity index (χ2v) is 8.38. The Bertz CT molecular complexity index is 839. The third-order valence-electron chi connectivity index (χ3n) is 5.10. The van der Waals surface area contributed by atoms with E-state index in [9.17, 15) is 4.79 Å². The van der Waals surface area contributed by atoms with Crippen LogP contribution in [0.25, 0.3) is 0 Å². The number of aliphatic imine (C=N–C) groups is 1. The van der Waals surface area contributed by atoms with Crippen molar-refractivity contribution in [3.8, 4) is 0 Å². The van der Waals surface area contributed by atoms with E-state index in [1.54, 1.807) is 11.8 Å². The van der Waals surface area contributed by atoms with Gasteiger partial charge in [-0.1, -0.05) is 42.1 Å². The average Bonchev–Trinajstić information content (AvgIpc) is 2.71. The quantitative estimate of drug-likeness (QED) is 0.702. The van der Waals surface area contributed by atoms with Gasteiger partial charge in [-0.3, -0.25) is 9.79 Å². The predicted molar refractivity (Wildman–Crippen MR) is 119 cm³/mol. The first kappa shape index (κ1) is 20.3. The predicted octanol–water partition coefficient (Wildman–Crippen LogP) is 3.61. The van der Waals surface area contributed by atoms with Gasteiger partial charge in [0, 0.05) is 37.1 Å². The van der Waals surface area contributed by atoms with Crippen LogP contribution in [0.3, 0.4) is 0 Å². The molecule has 28 heavy (non-hydrogen) atoms. The molecule has 0 fully saturated rings. The molecule has 0 radical (unpaired) electrons. The van der Waals surface area contributed by atoms with E-state index in [0.717, 1.165) is 30.7 Å². The van der Waals surface area contributed by atoms with Gasteiger partial charge in [0.1, 0.15) is 0 Å². The van der Waals surface area contributed by atoms with Crippen molar-refractivity contribution in [2.24, 2.45) is 10.7 Å². The minimum atomic E-state index is -0.357. The Balaban J connectivity index is 1.54. The zero-order valence-electron chi connectivity index (χ0n) is 16.5. The SMILES string of the molecule is CN(CCCNC(=O)c1cccc(C2(C)CCSC(N)=N2)c1)c1ccccc1. The lowest BCUT2D eigenvalue weighted by molar-refractivity contribution is 0.0953. The van der Waals surface area contributed by atoms with E-state index in [2.05, 4.69) is 41.3 Å². The number of nitrogens with zero attached hydrogens (tertiary/aromatic N) is 2. The van der Waals surface area contributed by atoms with E-state index < -0.39 is 0 Å². The van der Waals surface area contributed by atoms with Gasteiger partial charge in [-0.15, -0.1) is 0 Å². The molecule has 0 saturated heterocycles. The summed E-state index contributed by atoms with van der Waals surface area (Å²) in [4.78, 5) is 19.4. The number of rotatable bonds is 7. The monoisotopic (exact) mass is 396 g/mol. The molecular weight excluding hydrogens is 368 g/mol. The summed E-state index contributed by atoms with van der Waals surface area (Å²) in [6.45, 7) is 3.60. The van der Waals surface area contributed by atoms with Crippen LogP contribution in [0.5, 0.6) is 0 Å². The number of nitrogens with two attached hydrogens (primary N) is 1. The van der Waals surface area contributed by atoms with Crippen molar-refractivity contribution in [1.29, 1.82) is 0 Å². The molecule has 2 aromatic rings. The van der Waals surface area contributed by atoms with Crippen LogP contribution < -0.4 is 16.0 Å². The molecule has 1 atom stereocenters. The van der Waals surface area contributed by atoms with Gasteiger partial charge in [0.15, 0.2) is 5.17 Å². The second-order valence-electron chi connectivity index (χ2n) is 7.27. The van der Waals surface area contributed by atoms with E-state index >= 15 is 0 Å². The zero-order valence-corrected chi connectivity index (χ0v) is 17.3. The fraction of sp³-hybridized carbons (Fsp3) is 0.364. The summed E-state index contributed by atoms with van der Waals surface area (Å²) in [5, 5.41) is 3.64. The van der Waals surface area contributed by atoms with Crippen molar-refractivity contribution in [3.63, 3.8) is 0 Å². The zero-order chi connectivity index (χ0) is 20.0. The molecule has 0 aromatic heterocycles. The van der Waals surface area contributed by atoms with Gasteiger partial charge >= 0.3 is 0 Å². The fourth-order valence-corrected chi connectivity index (χ4v) is 4.30. The maximum atomic E-state index is 12.6. The molecule has 3 rings (SSSR count). The van der Waals surface area contributed by atoms with Crippen molar-refractivity contribution in [2.45, 2.75) is 25.3 Å². The summed E-state index contributed by atoms with van der Waals surface area (Å²) in [6, 6.07) is 18.0. The van der Waals surface area contributed by atoms with Gasteiger partial charge in [-0.2, -0.15) is 0 Å². The Morgan fingerprint density at radius 2 is 2.04 bits per heavy atom. The molecule has 5 nitrogen and oxygen atoms in total. The van der Waals surface area contributed by atoms with Crippen LogP contribution in [0.15, 0.2) is 59.6 Å². The number of benzene rings is 2. The summed E-state index contributed by atoms with van der Waals surface area (Å²) >= 11 is 1.58. The van der Waals surface area contributed by atoms with Crippen LogP contribution in [0.4, 0.5) is 5.69 Å². The Morgan fingerprint density at radius 3 is 2.79 bits per heavy atom. The van der Waals surface area contributed by atoms with Crippen LogP contribution in [0, 0.1) is 0 Å². The van der Waals surface area contributed by atoms with Crippen LogP contribution in [0.1, 0.15) is 35.7 Å². The normalized spacial score (nSPS) is 19.0. The molecule has 6 heteroatoms. The van der Waals surface area contributed by atoms with E-state index in [4.69, 9.17) is 5.73 Å². The van der Waals surface area contributed by atoms with Crippen LogP contribution in [-0.4, -0.2) is 37.0 Å². The topological polar surface area (TPSA) is 70.7 Å². The molecule has 0 bridgehead atoms. The summed E-state index contributed by atoms with van der Waals surface area (Å²) < 4.78 is 0. The molecule has 3 N–H and O–H groups in total. The van der Waals surface area contributed by atoms with Gasteiger partial charge < -0.3 is 16.0 Å². The largest absolute Gasteiger partial charge is 0.379 e. The lowest BCUT2D eigenvalue weighted by Gasteiger charge is -2.30. The number of hydrogen-bond donors (Lipinski definition) is 2. The molecule has 148 valence electrons. The van der Waals surface area contributed by atoms with E-state index in [1.165, 1.54) is 5.69 Å². The van der Waals surface area contributed by atoms with E-state index in [1.807, 2.05) is 42.5 Å². The molecule has 1 unspecified atom stereocenters. The summed E-state index contributed by atoms with van der Waals surface area (Å²) in [6.07, 6.45) is 1.79. The van der Waals surface area contributed by atoms with E-state index in [-0.39, 0.29) is 11.4 Å². The lowest BCUT2D eigenvalue weighted by atomic mass is 9.88. The first-order valence-electron chi connectivity index (χ1n) is 9.61. The van der Waals surface area contributed by atoms with Crippen LogP contribution in [-0.2, 0) is 5.54 Å². The highest BCUT2D eigenvalue weighted by Gasteiger charge is 2.29. The van der Waals surface area contributed by atoms with E-state index in [0.29, 0.717) is 17.3 Å². The van der Waals surface area contributed by atoms with Gasteiger partial charge in [0.25, 0.3) is 5.91 Å². The lowest BCUT2D eigenvalue weighted by Crippen LogP contribution is -2.30. The molecule has 1 heterocycles. The first-order valence-corrected chi connectivity index (χ1v) is 10.6. The van der Waals surface area contributed by atoms with Crippen molar-refractivity contribution in [3.05, 3.63) is 65.7 Å². The minimum Gasteiger partial charge on any atom is -0.379 e. The maximum Gasteiger partial charge on any atom is 0.251 e. The number of para-hydroxylation sites is 1. The van der Waals surface area contributed by atoms with Gasteiger partial charge in [-0.25, -0.2) is 0 Å². The summed E-state index contributed by atoms with van der Waals surface area (Å²) in [7, 11) is 2.07. The number of carbonyl (C=O) groups is 1. The van der Waals surface area contributed by atoms with Crippen molar-refractivity contribution >= 4 is 28.5 Å². The number of thioether (sulfide) groups is 1. The number of anilines is 1. The highest BCUT2D eigenvalue weighted by Crippen LogP contribution is 2.35. The molecule has 0 saturated carbocycles. The molecule has 2 aromatic carbocycles. The Hall–Kier alpha value is -2.47. The van der Waals surface area contributed by atoms with Crippen LogP contribution in [0.2, 0.25) is 0 Å². The number of amides is 1. The molecular formula is C22H28N4OS. The van der Waals surface area contributed by atoms with Gasteiger partial charge in [0.2, 0.25) is 0 Å². The number of carbonyl (C=O) groups excluding carboxylic acids is 1. The summed E-state index contributed by atoms with van der Waals surface area (Å²) in [5.41, 5.74) is 8.45. The Kier molecular flexibility index (Phi) is 6.62. The van der Waals surface area contributed by atoms with Gasteiger partial charge in [-0.05, 0) is 49.6 Å². The average molecular weight is 397 g/mol. The molecule has 0 spiro atoms. The molecule has 1 aliphatic rings.